The molecule has 0 aliphatic heterocycles. The van der Waals surface area contributed by atoms with Crippen LogP contribution in [0.3, 0.4) is 0 Å². The van der Waals surface area contributed by atoms with Gasteiger partial charge in [0.2, 0.25) is 0 Å². The number of hydrogen-bond donors (Lipinski definition) is 2. The number of rotatable bonds is 4. The van der Waals surface area contributed by atoms with Crippen LogP contribution in [0.25, 0.3) is 0 Å². The van der Waals surface area contributed by atoms with E-state index in [-0.39, 0.29) is 11.5 Å². The molecule has 114 valence electrons. The molecule has 1 aromatic heterocycles. The van der Waals surface area contributed by atoms with Crippen molar-refractivity contribution in [2.45, 2.75) is 45.6 Å². The van der Waals surface area contributed by atoms with Crippen LogP contribution in [0.1, 0.15) is 48.6 Å². The second-order valence-electron chi connectivity index (χ2n) is 6.32. The van der Waals surface area contributed by atoms with Gasteiger partial charge in [-0.2, -0.15) is 0 Å². The first kappa shape index (κ1) is 16.4. The monoisotopic (exact) mass is 323 g/mol. The zero-order chi connectivity index (χ0) is 15.6. The van der Waals surface area contributed by atoms with Gasteiger partial charge < -0.3 is 0 Å². The second kappa shape index (κ2) is 6.44. The molecule has 0 aliphatic carbocycles. The van der Waals surface area contributed by atoms with Gasteiger partial charge >= 0.3 is 0 Å². The Bertz CT molecular complexity index is 616. The molecular formula is C16H22ClN3S. The van der Waals surface area contributed by atoms with Gasteiger partial charge in [-0.25, -0.2) is 4.98 Å². The van der Waals surface area contributed by atoms with Gasteiger partial charge in [-0.05, 0) is 24.1 Å². The predicted molar refractivity (Wildman–Crippen MR) is 90.8 cm³/mol. The first-order chi connectivity index (χ1) is 9.81. The van der Waals surface area contributed by atoms with E-state index in [0.717, 1.165) is 33.3 Å². The molecule has 1 unspecified atom stereocenters. The zero-order valence-electron chi connectivity index (χ0n) is 12.9. The molecule has 3 nitrogen and oxygen atoms in total. The smallest absolute Gasteiger partial charge is 0.0948 e. The second-order valence-corrected chi connectivity index (χ2v) is 7.67. The molecule has 0 saturated heterocycles. The molecule has 0 saturated carbocycles. The van der Waals surface area contributed by atoms with Crippen LogP contribution in [-0.4, -0.2) is 4.98 Å². The average molecular weight is 324 g/mol. The molecular weight excluding hydrogens is 302 g/mol. The Morgan fingerprint density at radius 1 is 1.38 bits per heavy atom. The molecule has 3 N–H and O–H groups in total. The molecule has 0 amide bonds. The number of aromatic nitrogens is 1. The highest BCUT2D eigenvalue weighted by Gasteiger charge is 2.20. The SMILES string of the molecule is Cc1ccc(C(Cc2nc(C(C)(C)C)cs2)NN)c(Cl)c1. The molecule has 1 atom stereocenters. The Labute approximate surface area is 135 Å². The average Bonchev–Trinajstić information content (AvgIpc) is 2.85. The van der Waals surface area contributed by atoms with Crippen LogP contribution in [0, 0.1) is 6.92 Å². The van der Waals surface area contributed by atoms with Crippen molar-refractivity contribution in [1.82, 2.24) is 10.4 Å². The van der Waals surface area contributed by atoms with Gasteiger partial charge in [0.25, 0.3) is 0 Å². The molecule has 2 rings (SSSR count). The van der Waals surface area contributed by atoms with Gasteiger partial charge in [-0.3, -0.25) is 11.3 Å². The Kier molecular flexibility index (Phi) is 5.04. The quantitative estimate of drug-likeness (QED) is 0.656. The third-order valence-electron chi connectivity index (χ3n) is 3.43. The Balaban J connectivity index is 2.21. The van der Waals surface area contributed by atoms with E-state index in [1.54, 1.807) is 11.3 Å². The van der Waals surface area contributed by atoms with Gasteiger partial charge in [0.15, 0.2) is 0 Å². The minimum atomic E-state index is -0.0305. The summed E-state index contributed by atoms with van der Waals surface area (Å²) in [6.45, 7) is 8.53. The molecule has 1 heterocycles. The van der Waals surface area contributed by atoms with Crippen molar-refractivity contribution in [3.63, 3.8) is 0 Å². The third kappa shape index (κ3) is 4.04. The van der Waals surface area contributed by atoms with Crippen LogP contribution in [0.5, 0.6) is 0 Å². The summed E-state index contributed by atoms with van der Waals surface area (Å²) in [7, 11) is 0. The molecule has 0 radical (unpaired) electrons. The van der Waals surface area contributed by atoms with Crippen molar-refractivity contribution in [3.05, 3.63) is 50.4 Å². The minimum absolute atomic E-state index is 0.0305. The summed E-state index contributed by atoms with van der Waals surface area (Å²) >= 11 is 8.01. The number of aryl methyl sites for hydroxylation is 1. The van der Waals surface area contributed by atoms with Crippen LogP contribution in [0.4, 0.5) is 0 Å². The number of halogens is 1. The summed E-state index contributed by atoms with van der Waals surface area (Å²) in [5.74, 6) is 5.72. The number of benzene rings is 1. The lowest BCUT2D eigenvalue weighted by molar-refractivity contribution is 0.541. The van der Waals surface area contributed by atoms with Crippen molar-refractivity contribution >= 4 is 22.9 Å². The summed E-state index contributed by atoms with van der Waals surface area (Å²) in [4.78, 5) is 4.72. The maximum Gasteiger partial charge on any atom is 0.0948 e. The molecule has 2 aromatic rings. The molecule has 0 aliphatic rings. The number of nitrogens with zero attached hydrogens (tertiary/aromatic N) is 1. The third-order valence-corrected chi connectivity index (χ3v) is 4.63. The minimum Gasteiger partial charge on any atom is -0.271 e. The van der Waals surface area contributed by atoms with Gasteiger partial charge in [-0.15, -0.1) is 11.3 Å². The van der Waals surface area contributed by atoms with Crippen LogP contribution < -0.4 is 11.3 Å². The summed E-state index contributed by atoms with van der Waals surface area (Å²) in [6, 6.07) is 6.01. The predicted octanol–water partition coefficient (Wildman–Crippen LogP) is 4.15. The topological polar surface area (TPSA) is 50.9 Å². The van der Waals surface area contributed by atoms with Crippen LogP contribution in [-0.2, 0) is 11.8 Å². The fourth-order valence-electron chi connectivity index (χ4n) is 2.10. The molecule has 0 bridgehead atoms. The lowest BCUT2D eigenvalue weighted by atomic mass is 9.93. The van der Waals surface area contributed by atoms with Crippen LogP contribution in [0.2, 0.25) is 5.02 Å². The van der Waals surface area contributed by atoms with Crippen molar-refractivity contribution < 1.29 is 0 Å². The largest absolute Gasteiger partial charge is 0.271 e. The van der Waals surface area contributed by atoms with E-state index in [2.05, 4.69) is 31.6 Å². The van der Waals surface area contributed by atoms with Crippen LogP contribution >= 0.6 is 22.9 Å². The highest BCUT2D eigenvalue weighted by molar-refractivity contribution is 7.09. The zero-order valence-corrected chi connectivity index (χ0v) is 14.5. The lowest BCUT2D eigenvalue weighted by Gasteiger charge is -2.17. The van der Waals surface area contributed by atoms with E-state index in [9.17, 15) is 0 Å². The molecule has 5 heteroatoms. The fraction of sp³-hybridized carbons (Fsp3) is 0.438. The van der Waals surface area contributed by atoms with Gasteiger partial charge in [0.1, 0.15) is 0 Å². The molecule has 21 heavy (non-hydrogen) atoms. The molecule has 0 spiro atoms. The van der Waals surface area contributed by atoms with E-state index in [1.165, 1.54) is 0 Å². The van der Waals surface area contributed by atoms with Gasteiger partial charge in [0, 0.05) is 22.2 Å². The molecule has 1 aromatic carbocycles. The lowest BCUT2D eigenvalue weighted by Crippen LogP contribution is -2.29. The number of hydrazine groups is 1. The standard InChI is InChI=1S/C16H22ClN3S/c1-10-5-6-11(12(17)7-10)13(20-18)8-15-19-14(9-21-15)16(2,3)4/h5-7,9,13,20H,8,18H2,1-4H3. The maximum absolute atomic E-state index is 6.33. The van der Waals surface area contributed by atoms with E-state index in [0.29, 0.717) is 0 Å². The summed E-state index contributed by atoms with van der Waals surface area (Å²) in [5, 5.41) is 3.93. The number of nitrogens with two attached hydrogens (primary N) is 1. The van der Waals surface area contributed by atoms with E-state index < -0.39 is 0 Å². The van der Waals surface area contributed by atoms with Crippen LogP contribution in [0.15, 0.2) is 23.6 Å². The van der Waals surface area contributed by atoms with Crippen molar-refractivity contribution in [3.8, 4) is 0 Å². The molecule has 0 fully saturated rings. The number of thiazole rings is 1. The van der Waals surface area contributed by atoms with Crippen molar-refractivity contribution in [1.29, 1.82) is 0 Å². The van der Waals surface area contributed by atoms with E-state index >= 15 is 0 Å². The summed E-state index contributed by atoms with van der Waals surface area (Å²) in [6.07, 6.45) is 0.736. The summed E-state index contributed by atoms with van der Waals surface area (Å²) in [5.41, 5.74) is 6.20. The van der Waals surface area contributed by atoms with E-state index in [1.807, 2.05) is 25.1 Å². The number of hydrogen-bond acceptors (Lipinski definition) is 4. The highest BCUT2D eigenvalue weighted by atomic mass is 35.5. The van der Waals surface area contributed by atoms with Crippen molar-refractivity contribution in [2.24, 2.45) is 5.84 Å². The van der Waals surface area contributed by atoms with Gasteiger partial charge in [0.05, 0.1) is 16.7 Å². The number of nitrogens with one attached hydrogen (secondary N) is 1. The first-order valence-electron chi connectivity index (χ1n) is 6.98. The highest BCUT2D eigenvalue weighted by Crippen LogP contribution is 2.29. The fourth-order valence-corrected chi connectivity index (χ4v) is 3.53. The first-order valence-corrected chi connectivity index (χ1v) is 8.24. The van der Waals surface area contributed by atoms with Gasteiger partial charge in [-0.1, -0.05) is 44.5 Å². The normalized spacial score (nSPS) is 13.4. The Morgan fingerprint density at radius 3 is 2.62 bits per heavy atom. The maximum atomic E-state index is 6.33. The summed E-state index contributed by atoms with van der Waals surface area (Å²) < 4.78 is 0. The Hall–Kier alpha value is -0.940. The van der Waals surface area contributed by atoms with E-state index in [4.69, 9.17) is 22.4 Å². The van der Waals surface area contributed by atoms with Crippen molar-refractivity contribution in [2.75, 3.05) is 0 Å². The Morgan fingerprint density at radius 2 is 2.10 bits per heavy atom.